The van der Waals surface area contributed by atoms with Gasteiger partial charge < -0.3 is 19.7 Å². The molecule has 1 aliphatic rings. The summed E-state index contributed by atoms with van der Waals surface area (Å²) in [7, 11) is 1.98. The molecule has 31 heavy (non-hydrogen) atoms. The van der Waals surface area contributed by atoms with E-state index in [9.17, 15) is 0 Å². The van der Waals surface area contributed by atoms with Crippen LogP contribution in [0.5, 0.6) is 0 Å². The molecular formula is C23H28ClN7. The maximum absolute atomic E-state index is 6.40. The second-order valence-electron chi connectivity index (χ2n) is 7.63. The summed E-state index contributed by atoms with van der Waals surface area (Å²) in [5.74, 6) is 2.68. The molecular weight excluding hydrogens is 410 g/mol. The lowest BCUT2D eigenvalue weighted by Crippen LogP contribution is -2.52. The summed E-state index contributed by atoms with van der Waals surface area (Å²) in [6, 6.07) is 18.3. The van der Waals surface area contributed by atoms with Gasteiger partial charge in [0.15, 0.2) is 11.8 Å². The quantitative estimate of drug-likeness (QED) is 0.490. The number of para-hydroxylation sites is 1. The summed E-state index contributed by atoms with van der Waals surface area (Å²) in [5.41, 5.74) is 2.28. The zero-order chi connectivity index (χ0) is 21.6. The highest BCUT2D eigenvalue weighted by atomic mass is 35.5. The Morgan fingerprint density at radius 1 is 1.00 bits per heavy atom. The number of nitrogens with zero attached hydrogens (tertiary/aromatic N) is 6. The normalized spacial score (nSPS) is 14.7. The summed E-state index contributed by atoms with van der Waals surface area (Å²) < 4.78 is 2.00. The fourth-order valence-electron chi connectivity index (χ4n) is 3.65. The number of aromatic nitrogens is 3. The number of hydrogen-bond acceptors (Lipinski definition) is 4. The second-order valence-corrected chi connectivity index (χ2v) is 8.03. The average Bonchev–Trinajstić information content (AvgIpc) is 3.13. The molecule has 4 rings (SSSR count). The van der Waals surface area contributed by atoms with Crippen LogP contribution in [0.1, 0.15) is 17.2 Å². The number of benzene rings is 2. The zero-order valence-corrected chi connectivity index (χ0v) is 18.8. The molecule has 0 aliphatic carbocycles. The number of rotatable bonds is 5. The van der Waals surface area contributed by atoms with Crippen LogP contribution in [-0.2, 0) is 20.1 Å². The maximum atomic E-state index is 6.40. The number of aliphatic imine (C=N–C) groups is 1. The average molecular weight is 438 g/mol. The van der Waals surface area contributed by atoms with Gasteiger partial charge >= 0.3 is 0 Å². The number of guanidine groups is 1. The van der Waals surface area contributed by atoms with Gasteiger partial charge in [0, 0.05) is 33.2 Å². The number of hydrogen-bond donors (Lipinski definition) is 1. The van der Waals surface area contributed by atoms with Crippen LogP contribution in [0.15, 0.2) is 59.6 Å². The van der Waals surface area contributed by atoms with E-state index in [-0.39, 0.29) is 0 Å². The summed E-state index contributed by atoms with van der Waals surface area (Å²) in [6.45, 7) is 6.67. The van der Waals surface area contributed by atoms with Gasteiger partial charge in [-0.25, -0.2) is 4.99 Å². The van der Waals surface area contributed by atoms with Crippen LogP contribution >= 0.6 is 11.6 Å². The topological polar surface area (TPSA) is 61.6 Å². The SMILES string of the molecule is Cc1nnc(CNC(=NCc2ccccc2)N2CCN(c3ccccc3Cl)CC2)n1C. The molecule has 1 N–H and O–H groups in total. The Morgan fingerprint density at radius 3 is 2.39 bits per heavy atom. The fraction of sp³-hybridized carbons (Fsp3) is 0.348. The summed E-state index contributed by atoms with van der Waals surface area (Å²) in [5, 5.41) is 12.7. The lowest BCUT2D eigenvalue weighted by atomic mass is 10.2. The molecule has 0 bridgehead atoms. The molecule has 0 unspecified atom stereocenters. The Kier molecular flexibility index (Phi) is 6.72. The Balaban J connectivity index is 1.46. The van der Waals surface area contributed by atoms with Crippen LogP contribution in [0.25, 0.3) is 0 Å². The fourth-order valence-corrected chi connectivity index (χ4v) is 3.90. The van der Waals surface area contributed by atoms with Gasteiger partial charge in [0.2, 0.25) is 0 Å². The third kappa shape index (κ3) is 5.17. The van der Waals surface area contributed by atoms with Crippen LogP contribution in [0.3, 0.4) is 0 Å². The van der Waals surface area contributed by atoms with E-state index < -0.39 is 0 Å². The van der Waals surface area contributed by atoms with Crippen LogP contribution in [0.4, 0.5) is 5.69 Å². The standard InChI is InChI=1S/C23H28ClN7/c1-18-27-28-22(29(18)2)17-26-23(25-16-19-8-4-3-5-9-19)31-14-12-30(13-15-31)21-11-7-6-10-20(21)24/h3-11H,12-17H2,1-2H3,(H,25,26). The van der Waals surface area contributed by atoms with Crippen molar-refractivity contribution < 1.29 is 0 Å². The van der Waals surface area contributed by atoms with Crippen LogP contribution in [-0.4, -0.2) is 51.8 Å². The highest BCUT2D eigenvalue weighted by molar-refractivity contribution is 6.33. The Labute approximate surface area is 188 Å². The summed E-state index contributed by atoms with van der Waals surface area (Å²) in [6.07, 6.45) is 0. The van der Waals surface area contributed by atoms with Gasteiger partial charge in [0.1, 0.15) is 5.82 Å². The molecule has 0 saturated carbocycles. The lowest BCUT2D eigenvalue weighted by Gasteiger charge is -2.38. The molecule has 0 amide bonds. The molecule has 0 radical (unpaired) electrons. The Morgan fingerprint density at radius 2 is 1.71 bits per heavy atom. The first-order chi connectivity index (χ1) is 15.1. The number of piperazine rings is 1. The van der Waals surface area contributed by atoms with Gasteiger partial charge in [-0.1, -0.05) is 54.1 Å². The number of halogens is 1. The zero-order valence-electron chi connectivity index (χ0n) is 18.0. The van der Waals surface area contributed by atoms with Crippen molar-refractivity contribution in [3.63, 3.8) is 0 Å². The molecule has 0 atom stereocenters. The molecule has 2 heterocycles. The molecule has 3 aromatic rings. The molecule has 162 valence electrons. The first kappa shape index (κ1) is 21.2. The molecule has 7 nitrogen and oxygen atoms in total. The number of nitrogens with one attached hydrogen (secondary N) is 1. The number of anilines is 1. The molecule has 2 aromatic carbocycles. The number of aryl methyl sites for hydroxylation is 1. The van der Waals surface area contributed by atoms with Gasteiger partial charge in [-0.05, 0) is 24.6 Å². The van der Waals surface area contributed by atoms with Crippen LogP contribution in [0.2, 0.25) is 5.02 Å². The van der Waals surface area contributed by atoms with Crippen LogP contribution < -0.4 is 10.2 Å². The van der Waals surface area contributed by atoms with E-state index in [1.165, 1.54) is 5.56 Å². The Bertz CT molecular complexity index is 1020. The van der Waals surface area contributed by atoms with Crippen LogP contribution in [0, 0.1) is 6.92 Å². The molecule has 1 aromatic heterocycles. The van der Waals surface area contributed by atoms with Gasteiger partial charge in [-0.3, -0.25) is 0 Å². The van der Waals surface area contributed by atoms with E-state index in [0.717, 1.165) is 54.5 Å². The summed E-state index contributed by atoms with van der Waals surface area (Å²) in [4.78, 5) is 9.55. The highest BCUT2D eigenvalue weighted by Crippen LogP contribution is 2.26. The van der Waals surface area contributed by atoms with E-state index in [1.54, 1.807) is 0 Å². The van der Waals surface area contributed by atoms with Crippen molar-refractivity contribution in [3.8, 4) is 0 Å². The molecule has 1 aliphatic heterocycles. The minimum absolute atomic E-state index is 0.579. The van der Waals surface area contributed by atoms with Crippen molar-refractivity contribution in [2.45, 2.75) is 20.0 Å². The van der Waals surface area contributed by atoms with E-state index in [4.69, 9.17) is 16.6 Å². The van der Waals surface area contributed by atoms with Crippen molar-refractivity contribution in [1.82, 2.24) is 25.0 Å². The largest absolute Gasteiger partial charge is 0.367 e. The maximum Gasteiger partial charge on any atom is 0.194 e. The van der Waals surface area contributed by atoms with Crippen molar-refractivity contribution in [3.05, 3.63) is 76.8 Å². The predicted octanol–water partition coefficient (Wildman–Crippen LogP) is 3.24. The first-order valence-electron chi connectivity index (χ1n) is 10.5. The second kappa shape index (κ2) is 9.83. The third-order valence-corrected chi connectivity index (χ3v) is 5.93. The van der Waals surface area contributed by atoms with E-state index in [2.05, 4.69) is 43.5 Å². The third-order valence-electron chi connectivity index (χ3n) is 5.61. The van der Waals surface area contributed by atoms with Crippen molar-refractivity contribution in [2.75, 3.05) is 31.1 Å². The molecule has 1 fully saturated rings. The van der Waals surface area contributed by atoms with Gasteiger partial charge in [-0.15, -0.1) is 10.2 Å². The molecule has 0 spiro atoms. The Hall–Kier alpha value is -3.06. The predicted molar refractivity (Wildman–Crippen MR) is 125 cm³/mol. The van der Waals surface area contributed by atoms with Crippen molar-refractivity contribution in [1.29, 1.82) is 0 Å². The van der Waals surface area contributed by atoms with Gasteiger partial charge in [-0.2, -0.15) is 0 Å². The summed E-state index contributed by atoms with van der Waals surface area (Å²) >= 11 is 6.40. The van der Waals surface area contributed by atoms with E-state index >= 15 is 0 Å². The smallest absolute Gasteiger partial charge is 0.194 e. The van der Waals surface area contributed by atoms with Gasteiger partial charge in [0.25, 0.3) is 0 Å². The highest BCUT2D eigenvalue weighted by Gasteiger charge is 2.21. The van der Waals surface area contributed by atoms with E-state index in [1.807, 2.05) is 54.9 Å². The van der Waals surface area contributed by atoms with Crippen molar-refractivity contribution >= 4 is 23.2 Å². The lowest BCUT2D eigenvalue weighted by molar-refractivity contribution is 0.370. The molecule has 1 saturated heterocycles. The van der Waals surface area contributed by atoms with Crippen molar-refractivity contribution in [2.24, 2.45) is 12.0 Å². The molecule has 8 heteroatoms. The minimum Gasteiger partial charge on any atom is -0.367 e. The van der Waals surface area contributed by atoms with Gasteiger partial charge in [0.05, 0.1) is 23.8 Å². The van der Waals surface area contributed by atoms with E-state index in [0.29, 0.717) is 13.1 Å². The first-order valence-corrected chi connectivity index (χ1v) is 10.9. The minimum atomic E-state index is 0.579. The monoisotopic (exact) mass is 437 g/mol.